The minimum absolute atomic E-state index is 0.239. The topological polar surface area (TPSA) is 69.6 Å². The molecule has 2 amide bonds. The van der Waals surface area contributed by atoms with Gasteiger partial charge in [-0.25, -0.2) is 9.59 Å². The molecule has 0 aromatic rings. The van der Waals surface area contributed by atoms with Crippen molar-refractivity contribution >= 4 is 12.0 Å². The summed E-state index contributed by atoms with van der Waals surface area (Å²) in [5.41, 5.74) is 0. The Kier molecular flexibility index (Phi) is 5.25. The van der Waals surface area contributed by atoms with Gasteiger partial charge in [0.25, 0.3) is 0 Å². The third-order valence-corrected chi connectivity index (χ3v) is 3.39. The van der Waals surface area contributed by atoms with Crippen molar-refractivity contribution in [2.75, 3.05) is 13.1 Å². The molecule has 1 rings (SSSR count). The Labute approximate surface area is 102 Å². The smallest absolute Gasteiger partial charge is 0.326 e. The minimum atomic E-state index is -0.968. The first kappa shape index (κ1) is 13.8. The second kappa shape index (κ2) is 6.47. The number of hydrogen-bond donors (Lipinski definition) is 2. The van der Waals surface area contributed by atoms with Crippen LogP contribution in [0.25, 0.3) is 0 Å². The average molecular weight is 242 g/mol. The molecule has 2 atom stereocenters. The number of carboxylic acids is 1. The molecular weight excluding hydrogens is 220 g/mol. The van der Waals surface area contributed by atoms with Crippen LogP contribution in [0.4, 0.5) is 4.79 Å². The summed E-state index contributed by atoms with van der Waals surface area (Å²) in [6.07, 6.45) is 3.65. The quantitative estimate of drug-likeness (QED) is 0.788. The van der Waals surface area contributed by atoms with Crippen molar-refractivity contribution in [3.8, 4) is 0 Å². The number of piperidine rings is 1. The molecule has 5 heteroatoms. The molecule has 0 aliphatic carbocycles. The van der Waals surface area contributed by atoms with Crippen LogP contribution >= 0.6 is 0 Å². The zero-order valence-electron chi connectivity index (χ0n) is 10.6. The van der Waals surface area contributed by atoms with E-state index >= 15 is 0 Å². The largest absolute Gasteiger partial charge is 0.480 e. The highest BCUT2D eigenvalue weighted by atomic mass is 16.4. The number of rotatable bonds is 4. The number of urea groups is 1. The van der Waals surface area contributed by atoms with E-state index in [0.717, 1.165) is 32.4 Å². The van der Waals surface area contributed by atoms with Gasteiger partial charge < -0.3 is 15.3 Å². The molecule has 1 saturated heterocycles. The molecule has 5 nitrogen and oxygen atoms in total. The van der Waals surface area contributed by atoms with E-state index < -0.39 is 12.0 Å². The number of hydrogen-bond acceptors (Lipinski definition) is 2. The molecule has 1 fully saturated rings. The van der Waals surface area contributed by atoms with Crippen molar-refractivity contribution in [2.24, 2.45) is 5.92 Å². The molecule has 2 N–H and O–H groups in total. The van der Waals surface area contributed by atoms with E-state index in [9.17, 15) is 9.59 Å². The van der Waals surface area contributed by atoms with E-state index in [1.54, 1.807) is 11.8 Å². The first-order valence-electron chi connectivity index (χ1n) is 6.36. The molecule has 1 aliphatic rings. The van der Waals surface area contributed by atoms with Gasteiger partial charge >= 0.3 is 12.0 Å². The van der Waals surface area contributed by atoms with Crippen LogP contribution < -0.4 is 5.32 Å². The second-order valence-corrected chi connectivity index (χ2v) is 4.61. The SMILES string of the molecule is CCC1CCCN(C(=O)NC(CC)C(=O)O)C1. The van der Waals surface area contributed by atoms with Gasteiger partial charge in [0.05, 0.1) is 0 Å². The highest BCUT2D eigenvalue weighted by Crippen LogP contribution is 2.19. The lowest BCUT2D eigenvalue weighted by molar-refractivity contribution is -0.139. The minimum Gasteiger partial charge on any atom is -0.480 e. The molecule has 98 valence electrons. The van der Waals surface area contributed by atoms with Crippen LogP contribution in [0, 0.1) is 5.92 Å². The first-order valence-corrected chi connectivity index (χ1v) is 6.36. The maximum Gasteiger partial charge on any atom is 0.326 e. The summed E-state index contributed by atoms with van der Waals surface area (Å²) < 4.78 is 0. The Morgan fingerprint density at radius 2 is 2.18 bits per heavy atom. The number of amides is 2. The molecule has 0 radical (unpaired) electrons. The van der Waals surface area contributed by atoms with Crippen molar-refractivity contribution in [1.82, 2.24) is 10.2 Å². The summed E-state index contributed by atoms with van der Waals surface area (Å²) in [5.74, 6) is -0.413. The van der Waals surface area contributed by atoms with Crippen LogP contribution in [-0.2, 0) is 4.79 Å². The second-order valence-electron chi connectivity index (χ2n) is 4.61. The molecule has 1 heterocycles. The molecule has 0 saturated carbocycles. The van der Waals surface area contributed by atoms with E-state index in [4.69, 9.17) is 5.11 Å². The predicted molar refractivity (Wildman–Crippen MR) is 64.8 cm³/mol. The number of likely N-dealkylation sites (tertiary alicyclic amines) is 1. The van der Waals surface area contributed by atoms with Crippen LogP contribution in [0.5, 0.6) is 0 Å². The number of aliphatic carboxylic acids is 1. The van der Waals surface area contributed by atoms with Gasteiger partial charge in [0.2, 0.25) is 0 Å². The Morgan fingerprint density at radius 1 is 1.47 bits per heavy atom. The highest BCUT2D eigenvalue weighted by molar-refractivity contribution is 5.82. The molecule has 0 aromatic carbocycles. The summed E-state index contributed by atoms with van der Waals surface area (Å²) in [6, 6.07) is -1.01. The van der Waals surface area contributed by atoms with Crippen molar-refractivity contribution in [3.05, 3.63) is 0 Å². The van der Waals surface area contributed by atoms with Gasteiger partial charge in [0.15, 0.2) is 0 Å². The number of carboxylic acid groups (broad SMARTS) is 1. The lowest BCUT2D eigenvalue weighted by atomic mass is 9.96. The summed E-state index contributed by atoms with van der Waals surface area (Å²) >= 11 is 0. The number of nitrogens with one attached hydrogen (secondary N) is 1. The van der Waals surface area contributed by atoms with Crippen LogP contribution in [0.15, 0.2) is 0 Å². The zero-order valence-corrected chi connectivity index (χ0v) is 10.6. The maximum absolute atomic E-state index is 11.9. The molecule has 0 spiro atoms. The summed E-state index contributed by atoms with van der Waals surface area (Å²) in [5, 5.41) is 11.5. The summed E-state index contributed by atoms with van der Waals surface area (Å²) in [4.78, 5) is 24.5. The Bertz CT molecular complexity index is 281. The fraction of sp³-hybridized carbons (Fsp3) is 0.833. The van der Waals surface area contributed by atoms with Crippen molar-refractivity contribution in [1.29, 1.82) is 0 Å². The standard InChI is InChI=1S/C12H22N2O3/c1-3-9-6-5-7-14(8-9)12(17)13-10(4-2)11(15)16/h9-10H,3-8H2,1-2H3,(H,13,17)(H,15,16). The Morgan fingerprint density at radius 3 is 2.71 bits per heavy atom. The third kappa shape index (κ3) is 3.91. The van der Waals surface area contributed by atoms with E-state index in [1.807, 2.05) is 0 Å². The maximum atomic E-state index is 11.9. The van der Waals surface area contributed by atoms with Crippen LogP contribution in [0.2, 0.25) is 0 Å². The van der Waals surface area contributed by atoms with Gasteiger partial charge in [-0.15, -0.1) is 0 Å². The highest BCUT2D eigenvalue weighted by Gasteiger charge is 2.25. The van der Waals surface area contributed by atoms with Gasteiger partial charge in [0.1, 0.15) is 6.04 Å². The van der Waals surface area contributed by atoms with Crippen molar-refractivity contribution in [2.45, 2.75) is 45.6 Å². The van der Waals surface area contributed by atoms with Gasteiger partial charge in [0, 0.05) is 13.1 Å². The Hall–Kier alpha value is -1.26. The number of nitrogens with zero attached hydrogens (tertiary/aromatic N) is 1. The lowest BCUT2D eigenvalue weighted by Gasteiger charge is -2.33. The molecule has 17 heavy (non-hydrogen) atoms. The molecule has 1 aliphatic heterocycles. The normalized spacial score (nSPS) is 22.0. The first-order chi connectivity index (χ1) is 8.08. The van der Waals surface area contributed by atoms with Crippen molar-refractivity contribution in [3.63, 3.8) is 0 Å². The molecular formula is C12H22N2O3. The molecule has 0 bridgehead atoms. The molecule has 2 unspecified atom stereocenters. The third-order valence-electron chi connectivity index (χ3n) is 3.39. The van der Waals surface area contributed by atoms with E-state index in [1.165, 1.54) is 0 Å². The van der Waals surface area contributed by atoms with E-state index in [0.29, 0.717) is 12.3 Å². The number of carbonyl (C=O) groups excluding carboxylic acids is 1. The van der Waals surface area contributed by atoms with Gasteiger partial charge in [-0.05, 0) is 25.2 Å². The van der Waals surface area contributed by atoms with Gasteiger partial charge in [-0.1, -0.05) is 20.3 Å². The zero-order chi connectivity index (χ0) is 12.8. The molecule has 0 aromatic heterocycles. The van der Waals surface area contributed by atoms with Crippen molar-refractivity contribution < 1.29 is 14.7 Å². The summed E-state index contributed by atoms with van der Waals surface area (Å²) in [6.45, 7) is 5.36. The monoisotopic (exact) mass is 242 g/mol. The number of carbonyl (C=O) groups is 2. The summed E-state index contributed by atoms with van der Waals surface area (Å²) in [7, 11) is 0. The van der Waals surface area contributed by atoms with E-state index in [-0.39, 0.29) is 6.03 Å². The fourth-order valence-corrected chi connectivity index (χ4v) is 2.16. The van der Waals surface area contributed by atoms with Gasteiger partial charge in [-0.2, -0.15) is 0 Å². The van der Waals surface area contributed by atoms with Crippen LogP contribution in [0.3, 0.4) is 0 Å². The lowest BCUT2D eigenvalue weighted by Crippen LogP contribution is -2.50. The van der Waals surface area contributed by atoms with Crippen LogP contribution in [-0.4, -0.2) is 41.1 Å². The fourth-order valence-electron chi connectivity index (χ4n) is 2.16. The van der Waals surface area contributed by atoms with Gasteiger partial charge in [-0.3, -0.25) is 0 Å². The average Bonchev–Trinajstić information content (AvgIpc) is 2.35. The van der Waals surface area contributed by atoms with Crippen LogP contribution in [0.1, 0.15) is 39.5 Å². The van der Waals surface area contributed by atoms with E-state index in [2.05, 4.69) is 12.2 Å². The predicted octanol–water partition coefficient (Wildman–Crippen LogP) is 1.68. The Balaban J connectivity index is 2.48.